The fraction of sp³-hybridized carbons (Fsp3) is 0.485. The average Bonchev–Trinajstić information content (AvgIpc) is 3.01. The number of hydrogen-bond donors (Lipinski definition) is 5. The van der Waals surface area contributed by atoms with E-state index in [0.717, 1.165) is 11.1 Å². The molecule has 2 aromatic rings. The lowest BCUT2D eigenvalue weighted by Crippen LogP contribution is -2.52. The second-order valence-electron chi connectivity index (χ2n) is 11.5. The highest BCUT2D eigenvalue weighted by atomic mass is 16.5. The molecule has 0 saturated carbocycles. The van der Waals surface area contributed by atoms with Crippen LogP contribution in [-0.2, 0) is 36.9 Å². The van der Waals surface area contributed by atoms with Crippen molar-refractivity contribution in [1.29, 1.82) is 0 Å². The highest BCUT2D eigenvalue weighted by Crippen LogP contribution is 2.27. The molecule has 2 aromatic carbocycles. The maximum Gasteiger partial charge on any atom is 0.407 e. The number of ether oxygens (including phenoxy) is 2. The summed E-state index contributed by atoms with van der Waals surface area (Å²) in [5.74, 6) is -3.67. The molecule has 2 heterocycles. The quantitative estimate of drug-likeness (QED) is 0.224. The fourth-order valence-corrected chi connectivity index (χ4v) is 5.03. The highest BCUT2D eigenvalue weighted by molar-refractivity contribution is 5.92. The zero-order valence-electron chi connectivity index (χ0n) is 25.9. The molecule has 0 spiro atoms. The Balaban J connectivity index is 1.53. The normalized spacial score (nSPS) is 18.6. The van der Waals surface area contributed by atoms with Crippen molar-refractivity contribution in [3.05, 3.63) is 65.7 Å². The van der Waals surface area contributed by atoms with E-state index < -0.39 is 47.7 Å². The molecule has 0 aromatic heterocycles. The summed E-state index contributed by atoms with van der Waals surface area (Å²) in [4.78, 5) is 63.2. The molecule has 2 bridgehead atoms. The number of carbonyl (C=O) groups is 5. The van der Waals surface area contributed by atoms with E-state index in [0.29, 0.717) is 31.6 Å². The molecule has 4 amide bonds. The van der Waals surface area contributed by atoms with Crippen molar-refractivity contribution in [2.45, 2.75) is 58.6 Å². The van der Waals surface area contributed by atoms with Gasteiger partial charge in [-0.1, -0.05) is 56.3 Å². The zero-order chi connectivity index (χ0) is 32.6. The largest absolute Gasteiger partial charge is 0.494 e. The third-order valence-electron chi connectivity index (χ3n) is 7.37. The van der Waals surface area contributed by atoms with Gasteiger partial charge in [0.25, 0.3) is 0 Å². The summed E-state index contributed by atoms with van der Waals surface area (Å²) >= 11 is 0. The van der Waals surface area contributed by atoms with E-state index in [1.165, 1.54) is 0 Å². The van der Waals surface area contributed by atoms with Gasteiger partial charge in [-0.25, -0.2) is 4.79 Å². The molecule has 12 heteroatoms. The van der Waals surface area contributed by atoms with Crippen LogP contribution in [0, 0.1) is 17.8 Å². The SMILES string of the molecule is CC(C)C[C@H]1C(=O)NC(C(=O)NCC(=O)NCCCNC(=O)OCc2ccccc2)Cc2ccc(cc2)OCCC[C@@H]1C(=O)O. The summed E-state index contributed by atoms with van der Waals surface area (Å²) in [7, 11) is 0. The van der Waals surface area contributed by atoms with E-state index in [1.807, 2.05) is 44.2 Å². The van der Waals surface area contributed by atoms with E-state index in [9.17, 15) is 29.1 Å². The number of fused-ring (bicyclic) bond motifs is 11. The summed E-state index contributed by atoms with van der Waals surface area (Å²) in [6.07, 6.45) is 1.06. The van der Waals surface area contributed by atoms with Crippen LogP contribution in [0.3, 0.4) is 0 Å². The molecule has 1 unspecified atom stereocenters. The molecule has 0 aliphatic carbocycles. The van der Waals surface area contributed by atoms with Gasteiger partial charge < -0.3 is 35.8 Å². The molecule has 2 aliphatic rings. The van der Waals surface area contributed by atoms with E-state index in [2.05, 4.69) is 21.3 Å². The first-order valence-corrected chi connectivity index (χ1v) is 15.4. The van der Waals surface area contributed by atoms with E-state index in [1.54, 1.807) is 24.3 Å². The van der Waals surface area contributed by atoms with Gasteiger partial charge in [-0.15, -0.1) is 0 Å². The summed E-state index contributed by atoms with van der Waals surface area (Å²) in [5.41, 5.74) is 1.63. The number of carboxylic acids is 1. The van der Waals surface area contributed by atoms with Crippen molar-refractivity contribution in [2.24, 2.45) is 17.8 Å². The monoisotopic (exact) mass is 624 g/mol. The second-order valence-corrected chi connectivity index (χ2v) is 11.5. The summed E-state index contributed by atoms with van der Waals surface area (Å²) < 4.78 is 10.9. The Bertz CT molecular complexity index is 1270. The number of benzene rings is 2. The number of carboxylic acid groups (broad SMARTS) is 1. The number of nitrogens with one attached hydrogen (secondary N) is 4. The van der Waals surface area contributed by atoms with Crippen molar-refractivity contribution in [3.8, 4) is 5.75 Å². The lowest BCUT2D eigenvalue weighted by molar-refractivity contribution is -0.148. The first-order valence-electron chi connectivity index (χ1n) is 15.4. The Morgan fingerprint density at radius 1 is 1.00 bits per heavy atom. The van der Waals surface area contributed by atoms with Crippen LogP contribution < -0.4 is 26.0 Å². The molecule has 0 saturated heterocycles. The number of amides is 4. The van der Waals surface area contributed by atoms with Crippen LogP contribution in [0.15, 0.2) is 54.6 Å². The van der Waals surface area contributed by atoms with Crippen molar-refractivity contribution in [2.75, 3.05) is 26.2 Å². The van der Waals surface area contributed by atoms with Crippen LogP contribution >= 0.6 is 0 Å². The molecule has 3 atom stereocenters. The van der Waals surface area contributed by atoms with Crippen LogP contribution in [0.25, 0.3) is 0 Å². The lowest BCUT2D eigenvalue weighted by atomic mass is 9.81. The Labute approximate surface area is 263 Å². The summed E-state index contributed by atoms with van der Waals surface area (Å²) in [5, 5.41) is 20.6. The van der Waals surface area contributed by atoms with Gasteiger partial charge in [0, 0.05) is 19.5 Å². The van der Waals surface area contributed by atoms with Crippen molar-refractivity contribution < 1.29 is 38.6 Å². The molecule has 0 fully saturated rings. The van der Waals surface area contributed by atoms with Crippen molar-refractivity contribution >= 4 is 29.8 Å². The molecule has 45 heavy (non-hydrogen) atoms. The third-order valence-corrected chi connectivity index (χ3v) is 7.37. The molecule has 4 rings (SSSR count). The van der Waals surface area contributed by atoms with Crippen LogP contribution in [0.1, 0.15) is 50.7 Å². The first-order chi connectivity index (χ1) is 21.6. The van der Waals surface area contributed by atoms with Gasteiger partial charge in [0.1, 0.15) is 18.4 Å². The Kier molecular flexibility index (Phi) is 14.1. The van der Waals surface area contributed by atoms with Gasteiger partial charge >= 0.3 is 12.1 Å². The van der Waals surface area contributed by atoms with Gasteiger partial charge in [0.15, 0.2) is 0 Å². The molecule has 12 nitrogen and oxygen atoms in total. The fourth-order valence-electron chi connectivity index (χ4n) is 5.03. The van der Waals surface area contributed by atoms with Crippen LogP contribution in [-0.4, -0.2) is 67.2 Å². The Morgan fingerprint density at radius 2 is 1.71 bits per heavy atom. The molecule has 0 radical (unpaired) electrons. The third kappa shape index (κ3) is 12.5. The van der Waals surface area contributed by atoms with Crippen molar-refractivity contribution in [1.82, 2.24) is 21.3 Å². The number of carbonyl (C=O) groups excluding carboxylic acids is 4. The predicted molar refractivity (Wildman–Crippen MR) is 166 cm³/mol. The maximum atomic E-state index is 13.5. The van der Waals surface area contributed by atoms with Crippen LogP contribution in [0.5, 0.6) is 5.75 Å². The predicted octanol–water partition coefficient (Wildman–Crippen LogP) is 2.80. The smallest absolute Gasteiger partial charge is 0.407 e. The summed E-state index contributed by atoms with van der Waals surface area (Å²) in [6, 6.07) is 15.4. The molecule has 2 aliphatic heterocycles. The topological polar surface area (TPSA) is 172 Å². The van der Waals surface area contributed by atoms with E-state index >= 15 is 0 Å². The highest BCUT2D eigenvalue weighted by Gasteiger charge is 2.36. The number of hydrogen-bond acceptors (Lipinski definition) is 7. The number of alkyl carbamates (subject to hydrolysis) is 1. The standard InChI is InChI=1S/C33H44N4O8/c1-22(2)18-27-26(32(41)42)10-6-17-44-25-13-11-23(12-14-25)19-28(37-30(27)39)31(40)36-20-29(38)34-15-7-16-35-33(43)45-21-24-8-4-3-5-9-24/h3-5,8-9,11-14,22,26-28H,6-7,10,15-21H2,1-2H3,(H,34,38)(H,35,43)(H,36,40)(H,37,39)(H,41,42)/t26-,27+,28?/m0/s1. The molecular formula is C33H44N4O8. The van der Waals surface area contributed by atoms with Gasteiger partial charge in [0.05, 0.1) is 25.0 Å². The number of rotatable bonds is 12. The minimum absolute atomic E-state index is 0.0515. The molecule has 5 N–H and O–H groups in total. The van der Waals surface area contributed by atoms with Gasteiger partial charge in [-0.05, 0) is 54.9 Å². The number of aliphatic carboxylic acids is 1. The maximum absolute atomic E-state index is 13.5. The van der Waals surface area contributed by atoms with Gasteiger partial charge in [-0.3, -0.25) is 19.2 Å². The molecule has 244 valence electrons. The van der Waals surface area contributed by atoms with Crippen LogP contribution in [0.4, 0.5) is 4.79 Å². The van der Waals surface area contributed by atoms with Gasteiger partial charge in [-0.2, -0.15) is 0 Å². The van der Waals surface area contributed by atoms with Crippen LogP contribution in [0.2, 0.25) is 0 Å². The molecular weight excluding hydrogens is 580 g/mol. The van der Waals surface area contributed by atoms with Gasteiger partial charge in [0.2, 0.25) is 17.7 Å². The van der Waals surface area contributed by atoms with Crippen molar-refractivity contribution in [3.63, 3.8) is 0 Å². The second kappa shape index (κ2) is 18.3. The average molecular weight is 625 g/mol. The zero-order valence-corrected chi connectivity index (χ0v) is 25.9. The van der Waals surface area contributed by atoms with E-state index in [4.69, 9.17) is 9.47 Å². The minimum atomic E-state index is -1.07. The Hall–Kier alpha value is -4.61. The van der Waals surface area contributed by atoms with E-state index in [-0.39, 0.29) is 45.0 Å². The Morgan fingerprint density at radius 3 is 2.40 bits per heavy atom. The minimum Gasteiger partial charge on any atom is -0.494 e. The lowest BCUT2D eigenvalue weighted by Gasteiger charge is -2.28. The summed E-state index contributed by atoms with van der Waals surface area (Å²) in [6.45, 7) is 4.53. The first kappa shape index (κ1) is 34.9.